The van der Waals surface area contributed by atoms with Gasteiger partial charge in [0, 0.05) is 18.9 Å². The Morgan fingerprint density at radius 2 is 2.03 bits per heavy atom. The van der Waals surface area contributed by atoms with Gasteiger partial charge in [-0.3, -0.25) is 4.79 Å². The van der Waals surface area contributed by atoms with Gasteiger partial charge in [0.15, 0.2) is 5.65 Å². The Labute approximate surface area is 199 Å². The van der Waals surface area contributed by atoms with Crippen LogP contribution in [-0.2, 0) is 4.79 Å². The Bertz CT molecular complexity index is 1510. The van der Waals surface area contributed by atoms with Crippen LogP contribution in [0.3, 0.4) is 0 Å². The zero-order valence-corrected chi connectivity index (χ0v) is 18.5. The summed E-state index contributed by atoms with van der Waals surface area (Å²) in [6.45, 7) is -0.0267. The molecule has 174 valence electrons. The number of likely N-dealkylation sites (N-methyl/N-ethyl adjacent to an activating group) is 1. The third kappa shape index (κ3) is 4.47. The van der Waals surface area contributed by atoms with Crippen molar-refractivity contribution in [3.8, 4) is 17.6 Å². The van der Waals surface area contributed by atoms with Gasteiger partial charge in [0.1, 0.15) is 29.9 Å². The van der Waals surface area contributed by atoms with Crippen LogP contribution in [-0.4, -0.2) is 46.2 Å². The molecule has 1 aliphatic heterocycles. The van der Waals surface area contributed by atoms with Gasteiger partial charge in [-0.05, 0) is 48.4 Å². The number of hydrogen-bond acceptors (Lipinski definition) is 5. The number of ether oxygens (including phenoxy) is 1. The number of halogens is 1. The zero-order valence-electron chi connectivity index (χ0n) is 18.5. The number of aromatic nitrogens is 3. The smallest absolute Gasteiger partial charge is 0.320 e. The maximum Gasteiger partial charge on any atom is 0.320 e. The van der Waals surface area contributed by atoms with E-state index in [1.54, 1.807) is 60.4 Å². The first-order chi connectivity index (χ1) is 17.0. The summed E-state index contributed by atoms with van der Waals surface area (Å²) in [5.41, 5.74) is 2.12. The fraction of sp³-hybridized carbons (Fsp3) is 0.120. The lowest BCUT2D eigenvalue weighted by molar-refractivity contribution is -0.120. The molecule has 3 amide bonds. The van der Waals surface area contributed by atoms with E-state index in [-0.39, 0.29) is 18.1 Å². The molecule has 0 saturated carbocycles. The maximum absolute atomic E-state index is 14.4. The van der Waals surface area contributed by atoms with Gasteiger partial charge in [0.2, 0.25) is 0 Å². The molecule has 0 fully saturated rings. The first-order valence-corrected chi connectivity index (χ1v) is 10.7. The van der Waals surface area contributed by atoms with E-state index < -0.39 is 17.9 Å². The van der Waals surface area contributed by atoms with Crippen LogP contribution < -0.4 is 20.3 Å². The third-order valence-corrected chi connectivity index (χ3v) is 5.39. The van der Waals surface area contributed by atoms with E-state index >= 15 is 0 Å². The Morgan fingerprint density at radius 3 is 2.91 bits per heavy atom. The van der Waals surface area contributed by atoms with Crippen molar-refractivity contribution in [3.05, 3.63) is 84.1 Å². The van der Waals surface area contributed by atoms with E-state index in [0.29, 0.717) is 28.5 Å². The number of anilines is 2. The highest BCUT2D eigenvalue weighted by Gasteiger charge is 2.30. The topological polar surface area (TPSA) is 101 Å². The molecule has 2 aromatic heterocycles. The second-order valence-electron chi connectivity index (χ2n) is 7.71. The molecule has 0 unspecified atom stereocenters. The molecule has 1 atom stereocenters. The van der Waals surface area contributed by atoms with Crippen LogP contribution in [0.2, 0.25) is 0 Å². The lowest BCUT2D eigenvalue weighted by Crippen LogP contribution is -2.50. The number of benzene rings is 2. The van der Waals surface area contributed by atoms with E-state index in [0.717, 1.165) is 0 Å². The number of nitrogens with zero attached hydrogens (tertiary/aromatic N) is 4. The molecule has 0 bridgehead atoms. The van der Waals surface area contributed by atoms with Crippen molar-refractivity contribution in [1.82, 2.24) is 19.9 Å². The van der Waals surface area contributed by atoms with Crippen LogP contribution in [0, 0.1) is 17.7 Å². The molecule has 0 saturated heterocycles. The van der Waals surface area contributed by atoms with Crippen molar-refractivity contribution < 1.29 is 18.7 Å². The summed E-state index contributed by atoms with van der Waals surface area (Å²) >= 11 is 0. The molecule has 0 aliphatic carbocycles. The minimum atomic E-state index is -0.908. The Balaban J connectivity index is 1.29. The Morgan fingerprint density at radius 1 is 1.17 bits per heavy atom. The number of amides is 3. The molecule has 10 heteroatoms. The maximum atomic E-state index is 14.4. The summed E-state index contributed by atoms with van der Waals surface area (Å²) in [5, 5.41) is 9.40. The molecule has 4 aromatic rings. The van der Waals surface area contributed by atoms with E-state index in [1.165, 1.54) is 23.1 Å². The fourth-order valence-electron chi connectivity index (χ4n) is 3.63. The number of carbonyl (C=O) groups is 2. The number of hydrogen-bond donors (Lipinski definition) is 2. The molecule has 5 rings (SSSR count). The van der Waals surface area contributed by atoms with E-state index in [4.69, 9.17) is 4.74 Å². The van der Waals surface area contributed by atoms with Crippen molar-refractivity contribution in [1.29, 1.82) is 0 Å². The van der Waals surface area contributed by atoms with Gasteiger partial charge in [-0.25, -0.2) is 18.7 Å². The molecule has 2 aromatic carbocycles. The monoisotopic (exact) mass is 470 g/mol. The summed E-state index contributed by atoms with van der Waals surface area (Å²) in [4.78, 5) is 31.0. The van der Waals surface area contributed by atoms with E-state index in [9.17, 15) is 14.0 Å². The lowest BCUT2D eigenvalue weighted by Gasteiger charge is -2.20. The number of nitrogens with one attached hydrogen (secondary N) is 2. The molecule has 2 N–H and O–H groups in total. The van der Waals surface area contributed by atoms with Gasteiger partial charge in [-0.15, -0.1) is 0 Å². The highest BCUT2D eigenvalue weighted by atomic mass is 19.1. The average molecular weight is 470 g/mol. The van der Waals surface area contributed by atoms with Gasteiger partial charge >= 0.3 is 6.03 Å². The van der Waals surface area contributed by atoms with Gasteiger partial charge in [0.25, 0.3) is 5.91 Å². The minimum absolute atomic E-state index is 0.0267. The molecule has 3 heterocycles. The van der Waals surface area contributed by atoms with Crippen molar-refractivity contribution in [2.75, 3.05) is 23.9 Å². The Kier molecular flexibility index (Phi) is 5.73. The molecular formula is C25H19FN6O3. The predicted molar refractivity (Wildman–Crippen MR) is 127 cm³/mol. The fourth-order valence-corrected chi connectivity index (χ4v) is 3.63. The van der Waals surface area contributed by atoms with Crippen LogP contribution >= 0.6 is 0 Å². The second kappa shape index (κ2) is 9.15. The SMILES string of the molecule is CN1C(=O)[C@H](NC(=O)Nc2ccc(F)c(C#Cc3cnc4cccnn34)c2)COc2ccccc21. The molecule has 0 radical (unpaired) electrons. The molecule has 9 nitrogen and oxygen atoms in total. The normalized spacial score (nSPS) is 14.9. The van der Waals surface area contributed by atoms with Crippen LogP contribution in [0.15, 0.2) is 67.0 Å². The van der Waals surface area contributed by atoms with Crippen LogP contribution in [0.1, 0.15) is 11.3 Å². The number of rotatable bonds is 2. The zero-order chi connectivity index (χ0) is 24.4. The minimum Gasteiger partial charge on any atom is -0.489 e. The van der Waals surface area contributed by atoms with Gasteiger partial charge < -0.3 is 20.3 Å². The van der Waals surface area contributed by atoms with Crippen molar-refractivity contribution in [2.24, 2.45) is 0 Å². The first kappa shape index (κ1) is 21.9. The summed E-state index contributed by atoms with van der Waals surface area (Å²) in [5.74, 6) is 5.29. The molecule has 1 aliphatic rings. The quantitative estimate of drug-likeness (QED) is 0.439. The summed E-state index contributed by atoms with van der Waals surface area (Å²) < 4.78 is 21.6. The molecule has 35 heavy (non-hydrogen) atoms. The van der Waals surface area contributed by atoms with E-state index in [2.05, 4.69) is 32.6 Å². The van der Waals surface area contributed by atoms with Crippen molar-refractivity contribution >= 4 is 29.0 Å². The number of para-hydroxylation sites is 2. The summed E-state index contributed by atoms with van der Waals surface area (Å²) in [7, 11) is 1.62. The highest BCUT2D eigenvalue weighted by molar-refractivity contribution is 6.02. The second-order valence-corrected chi connectivity index (χ2v) is 7.71. The number of imidazole rings is 1. The van der Waals surface area contributed by atoms with Crippen molar-refractivity contribution in [3.63, 3.8) is 0 Å². The molecule has 0 spiro atoms. The number of carbonyl (C=O) groups excluding carboxylic acids is 2. The van der Waals surface area contributed by atoms with Gasteiger partial charge in [0.05, 0.1) is 17.4 Å². The van der Waals surface area contributed by atoms with Crippen LogP contribution in [0.25, 0.3) is 5.65 Å². The summed E-state index contributed by atoms with van der Waals surface area (Å²) in [6.07, 6.45) is 3.15. The Hall–Kier alpha value is -4.91. The van der Waals surface area contributed by atoms with Crippen LogP contribution in [0.4, 0.5) is 20.6 Å². The highest BCUT2D eigenvalue weighted by Crippen LogP contribution is 2.29. The average Bonchev–Trinajstić information content (AvgIpc) is 3.24. The van der Waals surface area contributed by atoms with Gasteiger partial charge in [-0.2, -0.15) is 5.10 Å². The number of urea groups is 1. The third-order valence-electron chi connectivity index (χ3n) is 5.39. The predicted octanol–water partition coefficient (Wildman–Crippen LogP) is 2.81. The number of fused-ring (bicyclic) bond motifs is 2. The standard InChI is InChI=1S/C25H19FN6O3/c1-31-21-5-2-3-6-22(21)35-15-20(24(31)33)30-25(34)29-17-9-11-19(26)16(13-17)8-10-18-14-27-23-7-4-12-28-32(18)23/h2-7,9,11-14,20H,15H2,1H3,(H2,29,30,34)/t20-/m1/s1. The lowest BCUT2D eigenvalue weighted by atomic mass is 10.2. The largest absolute Gasteiger partial charge is 0.489 e. The van der Waals surface area contributed by atoms with Crippen molar-refractivity contribution in [2.45, 2.75) is 6.04 Å². The summed E-state index contributed by atoms with van der Waals surface area (Å²) in [6, 6.07) is 13.1. The van der Waals surface area contributed by atoms with Crippen LogP contribution in [0.5, 0.6) is 5.75 Å². The van der Waals surface area contributed by atoms with Gasteiger partial charge in [-0.1, -0.05) is 18.1 Å². The van der Waals surface area contributed by atoms with E-state index in [1.807, 2.05) is 0 Å². The first-order valence-electron chi connectivity index (χ1n) is 10.7. The molecular weight excluding hydrogens is 451 g/mol.